The summed E-state index contributed by atoms with van der Waals surface area (Å²) in [6.07, 6.45) is -0.564. The van der Waals surface area contributed by atoms with Gasteiger partial charge in [0.15, 0.2) is 0 Å². The van der Waals surface area contributed by atoms with Crippen LogP contribution in [0.2, 0.25) is 0 Å². The van der Waals surface area contributed by atoms with Crippen molar-refractivity contribution in [1.82, 2.24) is 5.32 Å². The summed E-state index contributed by atoms with van der Waals surface area (Å²) in [6, 6.07) is 19.1. The number of alkyl carbamates (subject to hydrolysis) is 1. The minimum atomic E-state index is -1.39. The molecular weight excluding hydrogens is 451 g/mol. The molecule has 0 saturated carbocycles. The minimum Gasteiger partial charge on any atom is -0.478 e. The Kier molecular flexibility index (Phi) is 6.55. The highest BCUT2D eigenvalue weighted by Gasteiger charge is 2.35. The number of aromatic carboxylic acids is 1. The molecule has 35 heavy (non-hydrogen) atoms. The molecule has 0 heterocycles. The Bertz CT molecular complexity index is 1260. The second-order valence-corrected chi connectivity index (χ2v) is 8.59. The van der Waals surface area contributed by atoms with Gasteiger partial charge in [-0.25, -0.2) is 14.0 Å². The molecule has 1 unspecified atom stereocenters. The van der Waals surface area contributed by atoms with Crippen molar-refractivity contribution in [2.75, 3.05) is 11.9 Å². The molecule has 0 fully saturated rings. The van der Waals surface area contributed by atoms with Crippen molar-refractivity contribution >= 4 is 23.7 Å². The van der Waals surface area contributed by atoms with Crippen LogP contribution in [0.15, 0.2) is 66.7 Å². The fraction of sp³-hybridized carbons (Fsp3) is 0.222. The maximum atomic E-state index is 14.3. The van der Waals surface area contributed by atoms with E-state index in [1.165, 1.54) is 19.1 Å². The van der Waals surface area contributed by atoms with Crippen molar-refractivity contribution in [1.29, 1.82) is 0 Å². The second-order valence-electron chi connectivity index (χ2n) is 8.59. The highest BCUT2D eigenvalue weighted by Crippen LogP contribution is 2.44. The van der Waals surface area contributed by atoms with Gasteiger partial charge in [0.25, 0.3) is 0 Å². The summed E-state index contributed by atoms with van der Waals surface area (Å²) in [4.78, 5) is 36.6. The summed E-state index contributed by atoms with van der Waals surface area (Å²) in [6.45, 7) is 3.30. The molecule has 1 atom stereocenters. The Balaban J connectivity index is 1.43. The lowest BCUT2D eigenvalue weighted by Crippen LogP contribution is -2.54. The molecular formula is C27H25FN2O5. The number of ether oxygens (including phenoxy) is 1. The number of carbonyl (C=O) groups excluding carboxylic acids is 2. The van der Waals surface area contributed by atoms with E-state index in [0.717, 1.165) is 28.3 Å². The summed E-state index contributed by atoms with van der Waals surface area (Å²) in [7, 11) is 0. The van der Waals surface area contributed by atoms with Gasteiger partial charge in [0.05, 0.1) is 11.3 Å². The Hall–Kier alpha value is -4.20. The molecule has 7 nitrogen and oxygen atoms in total. The Morgan fingerprint density at radius 2 is 1.60 bits per heavy atom. The average molecular weight is 477 g/mol. The lowest BCUT2D eigenvalue weighted by molar-refractivity contribution is -0.121. The number of carboxylic acids is 1. The number of amides is 2. The van der Waals surface area contributed by atoms with Gasteiger partial charge in [-0.05, 0) is 53.8 Å². The summed E-state index contributed by atoms with van der Waals surface area (Å²) < 4.78 is 19.8. The first-order valence-corrected chi connectivity index (χ1v) is 11.2. The number of rotatable bonds is 7. The smallest absolute Gasteiger partial charge is 0.408 e. The molecule has 3 aromatic rings. The van der Waals surface area contributed by atoms with E-state index in [1.807, 2.05) is 48.5 Å². The number of nitrogens with one attached hydrogen (secondary N) is 2. The zero-order chi connectivity index (χ0) is 25.2. The number of carboxylic acid groups (broad SMARTS) is 1. The normalized spacial score (nSPS) is 13.8. The van der Waals surface area contributed by atoms with E-state index in [0.29, 0.717) is 0 Å². The first kappa shape index (κ1) is 23.9. The fourth-order valence-electron chi connectivity index (χ4n) is 4.18. The lowest BCUT2D eigenvalue weighted by Gasteiger charge is -2.28. The van der Waals surface area contributed by atoms with Crippen LogP contribution in [0.25, 0.3) is 11.1 Å². The van der Waals surface area contributed by atoms with Gasteiger partial charge in [0.1, 0.15) is 18.0 Å². The third kappa shape index (κ3) is 4.73. The third-order valence-corrected chi connectivity index (χ3v) is 6.39. The first-order chi connectivity index (χ1) is 16.7. The monoisotopic (exact) mass is 476 g/mol. The van der Waals surface area contributed by atoms with E-state index in [2.05, 4.69) is 10.6 Å². The lowest BCUT2D eigenvalue weighted by atomic mass is 9.97. The maximum Gasteiger partial charge on any atom is 0.408 e. The number of hydrogen-bond acceptors (Lipinski definition) is 4. The molecule has 0 radical (unpaired) electrons. The third-order valence-electron chi connectivity index (χ3n) is 6.39. The molecule has 4 rings (SSSR count). The summed E-state index contributed by atoms with van der Waals surface area (Å²) in [5, 5.41) is 14.0. The molecule has 0 aliphatic heterocycles. The van der Waals surface area contributed by atoms with Crippen molar-refractivity contribution in [2.45, 2.75) is 31.7 Å². The number of benzene rings is 3. The summed E-state index contributed by atoms with van der Waals surface area (Å²) in [5.41, 5.74) is 2.53. The van der Waals surface area contributed by atoms with Crippen molar-refractivity contribution in [3.63, 3.8) is 0 Å². The van der Waals surface area contributed by atoms with Crippen LogP contribution in [0.1, 0.15) is 47.7 Å². The zero-order valence-corrected chi connectivity index (χ0v) is 19.3. The van der Waals surface area contributed by atoms with Gasteiger partial charge in [0.2, 0.25) is 5.91 Å². The second kappa shape index (κ2) is 9.58. The van der Waals surface area contributed by atoms with E-state index >= 15 is 0 Å². The highest BCUT2D eigenvalue weighted by atomic mass is 19.1. The fourth-order valence-corrected chi connectivity index (χ4v) is 4.18. The summed E-state index contributed by atoms with van der Waals surface area (Å²) in [5.74, 6) is -2.96. The summed E-state index contributed by atoms with van der Waals surface area (Å²) >= 11 is 0. The van der Waals surface area contributed by atoms with E-state index in [4.69, 9.17) is 9.84 Å². The van der Waals surface area contributed by atoms with Crippen LogP contribution in [-0.2, 0) is 9.53 Å². The van der Waals surface area contributed by atoms with Crippen molar-refractivity contribution in [3.05, 3.63) is 89.2 Å². The van der Waals surface area contributed by atoms with E-state index < -0.39 is 29.3 Å². The van der Waals surface area contributed by atoms with Crippen LogP contribution in [0.3, 0.4) is 0 Å². The zero-order valence-electron chi connectivity index (χ0n) is 19.3. The number of hydrogen-bond donors (Lipinski definition) is 3. The largest absolute Gasteiger partial charge is 0.478 e. The number of fused-ring (bicyclic) bond motifs is 3. The van der Waals surface area contributed by atoms with Gasteiger partial charge in [-0.15, -0.1) is 0 Å². The molecule has 0 bridgehead atoms. The van der Waals surface area contributed by atoms with Crippen LogP contribution in [0.4, 0.5) is 14.9 Å². The van der Waals surface area contributed by atoms with Crippen molar-refractivity contribution < 1.29 is 28.6 Å². The first-order valence-electron chi connectivity index (χ1n) is 11.2. The number of anilines is 1. The van der Waals surface area contributed by atoms with Crippen molar-refractivity contribution in [2.24, 2.45) is 0 Å². The Morgan fingerprint density at radius 3 is 2.14 bits per heavy atom. The molecule has 2 amide bonds. The van der Waals surface area contributed by atoms with Crippen LogP contribution in [0.5, 0.6) is 0 Å². The average Bonchev–Trinajstić information content (AvgIpc) is 3.17. The van der Waals surface area contributed by atoms with E-state index in [9.17, 15) is 18.8 Å². The van der Waals surface area contributed by atoms with Crippen LogP contribution < -0.4 is 10.6 Å². The quantitative estimate of drug-likeness (QED) is 0.436. The van der Waals surface area contributed by atoms with Gasteiger partial charge < -0.3 is 20.5 Å². The molecule has 3 N–H and O–H groups in total. The Labute approximate surface area is 201 Å². The van der Waals surface area contributed by atoms with Crippen LogP contribution >= 0.6 is 0 Å². The molecule has 1 aliphatic carbocycles. The van der Waals surface area contributed by atoms with Gasteiger partial charge in [0, 0.05) is 5.92 Å². The van der Waals surface area contributed by atoms with E-state index in [-0.39, 0.29) is 30.2 Å². The molecule has 180 valence electrons. The van der Waals surface area contributed by atoms with Gasteiger partial charge in [-0.1, -0.05) is 55.5 Å². The van der Waals surface area contributed by atoms with Crippen LogP contribution in [0, 0.1) is 5.82 Å². The molecule has 8 heteroatoms. The molecule has 0 saturated heterocycles. The SMILES string of the molecule is CCC(C)(NC(=O)OCC1c2ccccc2-c2ccccc21)C(=O)Nc1ccc(C(=O)O)cc1F. The molecule has 1 aliphatic rings. The maximum absolute atomic E-state index is 14.3. The molecule has 0 spiro atoms. The number of halogens is 1. The molecule has 0 aromatic heterocycles. The Morgan fingerprint density at radius 1 is 1.00 bits per heavy atom. The minimum absolute atomic E-state index is 0.0898. The topological polar surface area (TPSA) is 105 Å². The predicted octanol–water partition coefficient (Wildman–Crippen LogP) is 5.17. The van der Waals surface area contributed by atoms with Gasteiger partial charge in [-0.3, -0.25) is 4.79 Å². The standard InChI is InChI=1S/C27H25FN2O5/c1-3-27(2,25(33)29-23-13-12-16(24(31)32)14-22(23)28)30-26(34)35-15-21-19-10-6-4-8-17(19)18-9-5-7-11-20(18)21/h4-14,21H,3,15H2,1-2H3,(H,29,33)(H,30,34)(H,31,32). The predicted molar refractivity (Wildman–Crippen MR) is 129 cm³/mol. The van der Waals surface area contributed by atoms with Crippen molar-refractivity contribution in [3.8, 4) is 11.1 Å². The van der Waals surface area contributed by atoms with Gasteiger partial charge in [-0.2, -0.15) is 0 Å². The van der Waals surface area contributed by atoms with Gasteiger partial charge >= 0.3 is 12.1 Å². The highest BCUT2D eigenvalue weighted by molar-refractivity contribution is 6.00. The molecule has 3 aromatic carbocycles. The van der Waals surface area contributed by atoms with Crippen LogP contribution in [-0.4, -0.2) is 35.2 Å². The number of carbonyl (C=O) groups is 3. The van der Waals surface area contributed by atoms with E-state index in [1.54, 1.807) is 6.92 Å².